The van der Waals surface area contributed by atoms with Crippen molar-refractivity contribution in [1.82, 2.24) is 10.2 Å². The number of rotatable bonds is 6. The van der Waals surface area contributed by atoms with Crippen LogP contribution in [0, 0.1) is 0 Å². The summed E-state index contributed by atoms with van der Waals surface area (Å²) in [5, 5.41) is 12.7. The van der Waals surface area contributed by atoms with E-state index >= 15 is 0 Å². The molecule has 110 valence electrons. The first-order valence-corrected chi connectivity index (χ1v) is 6.76. The van der Waals surface area contributed by atoms with Gasteiger partial charge in [0, 0.05) is 26.2 Å². The highest BCUT2D eigenvalue weighted by Gasteiger charge is 2.19. The first kappa shape index (κ1) is 14.8. The second kappa shape index (κ2) is 7.23. The zero-order valence-electron chi connectivity index (χ0n) is 11.4. The number of carbonyl (C=O) groups excluding carboxylic acids is 1. The Kier molecular flexibility index (Phi) is 5.34. The fourth-order valence-corrected chi connectivity index (χ4v) is 2.11. The monoisotopic (exact) mass is 279 g/mol. The minimum Gasteiger partial charge on any atom is -0.491 e. The van der Waals surface area contributed by atoms with Crippen LogP contribution in [0.25, 0.3) is 0 Å². The van der Waals surface area contributed by atoms with Crippen LogP contribution < -0.4 is 15.8 Å². The lowest BCUT2D eigenvalue weighted by Gasteiger charge is -2.28. The van der Waals surface area contributed by atoms with Gasteiger partial charge in [0.1, 0.15) is 18.5 Å². The number of β-amino-alcohol motifs (C(OH)–C–C–N with tert-alkyl or cyclic N) is 1. The highest BCUT2D eigenvalue weighted by molar-refractivity contribution is 5.78. The van der Waals surface area contributed by atoms with Gasteiger partial charge in [-0.1, -0.05) is 12.1 Å². The first-order valence-electron chi connectivity index (χ1n) is 6.76. The molecule has 1 atom stereocenters. The van der Waals surface area contributed by atoms with Gasteiger partial charge < -0.3 is 20.9 Å². The second-order valence-electron chi connectivity index (χ2n) is 4.90. The summed E-state index contributed by atoms with van der Waals surface area (Å²) in [4.78, 5) is 13.1. The van der Waals surface area contributed by atoms with E-state index in [2.05, 4.69) is 5.32 Å². The molecule has 6 nitrogen and oxygen atoms in total. The molecule has 1 aromatic rings. The van der Waals surface area contributed by atoms with Crippen molar-refractivity contribution in [2.45, 2.75) is 12.6 Å². The molecule has 1 aliphatic rings. The van der Waals surface area contributed by atoms with Gasteiger partial charge in [0.2, 0.25) is 5.91 Å². The molecule has 1 heterocycles. The molecular weight excluding hydrogens is 258 g/mol. The molecule has 0 aliphatic carbocycles. The van der Waals surface area contributed by atoms with Gasteiger partial charge in [-0.05, 0) is 17.7 Å². The topological polar surface area (TPSA) is 87.8 Å². The van der Waals surface area contributed by atoms with Crippen LogP contribution in [0.4, 0.5) is 0 Å². The Morgan fingerprint density at radius 3 is 2.80 bits per heavy atom. The summed E-state index contributed by atoms with van der Waals surface area (Å²) < 4.78 is 5.52. The Hall–Kier alpha value is -1.63. The average Bonchev–Trinajstić information content (AvgIpc) is 2.46. The number of nitrogens with zero attached hydrogens (tertiary/aromatic N) is 1. The Bertz CT molecular complexity index is 436. The number of hydrogen-bond donors (Lipinski definition) is 3. The molecule has 0 spiro atoms. The molecule has 4 N–H and O–H groups in total. The van der Waals surface area contributed by atoms with Crippen molar-refractivity contribution in [3.63, 3.8) is 0 Å². The number of aliphatic hydroxyl groups excluding tert-OH is 1. The predicted octanol–water partition coefficient (Wildman–Crippen LogP) is -0.683. The van der Waals surface area contributed by atoms with Crippen molar-refractivity contribution in [2.75, 3.05) is 32.8 Å². The highest BCUT2D eigenvalue weighted by atomic mass is 16.5. The third kappa shape index (κ3) is 4.48. The van der Waals surface area contributed by atoms with Crippen LogP contribution in [-0.4, -0.2) is 54.8 Å². The Balaban J connectivity index is 1.73. The molecule has 1 unspecified atom stereocenters. The van der Waals surface area contributed by atoms with Crippen molar-refractivity contribution in [1.29, 1.82) is 0 Å². The summed E-state index contributed by atoms with van der Waals surface area (Å²) in [6, 6.07) is 7.47. The summed E-state index contributed by atoms with van der Waals surface area (Å²) in [5.41, 5.74) is 6.56. The molecule has 1 fully saturated rings. The molecule has 1 amide bonds. The summed E-state index contributed by atoms with van der Waals surface area (Å²) in [6.45, 7) is 2.87. The van der Waals surface area contributed by atoms with E-state index in [9.17, 15) is 9.90 Å². The van der Waals surface area contributed by atoms with Gasteiger partial charge in [0.25, 0.3) is 0 Å². The minimum atomic E-state index is -0.616. The summed E-state index contributed by atoms with van der Waals surface area (Å²) in [5.74, 6) is 0.708. The fraction of sp³-hybridized carbons (Fsp3) is 0.500. The smallest absolute Gasteiger partial charge is 0.234 e. The van der Waals surface area contributed by atoms with Gasteiger partial charge >= 0.3 is 0 Å². The zero-order valence-corrected chi connectivity index (χ0v) is 11.4. The molecule has 6 heteroatoms. The van der Waals surface area contributed by atoms with Gasteiger partial charge in [-0.3, -0.25) is 9.69 Å². The lowest BCUT2D eigenvalue weighted by molar-refractivity contribution is -0.124. The predicted molar refractivity (Wildman–Crippen MR) is 75.3 cm³/mol. The normalized spacial score (nSPS) is 17.6. The van der Waals surface area contributed by atoms with Crippen LogP contribution in [0.1, 0.15) is 5.56 Å². The summed E-state index contributed by atoms with van der Waals surface area (Å²) in [7, 11) is 0. The highest BCUT2D eigenvalue weighted by Crippen LogP contribution is 2.12. The Morgan fingerprint density at radius 1 is 1.40 bits per heavy atom. The zero-order chi connectivity index (χ0) is 14.4. The van der Waals surface area contributed by atoms with Gasteiger partial charge in [-0.25, -0.2) is 0 Å². The summed E-state index contributed by atoms with van der Waals surface area (Å²) >= 11 is 0. The maximum atomic E-state index is 11.2. The van der Waals surface area contributed by atoms with E-state index in [-0.39, 0.29) is 12.5 Å². The molecule has 0 radical (unpaired) electrons. The molecule has 1 aliphatic heterocycles. The van der Waals surface area contributed by atoms with Crippen LogP contribution in [0.5, 0.6) is 5.75 Å². The molecule has 0 bridgehead atoms. The number of aliphatic hydroxyl groups is 1. The molecule has 1 saturated heterocycles. The standard InChI is InChI=1S/C14H21N3O3/c15-7-11-1-3-13(4-2-11)20-10-12(18)8-17-6-5-16-14(19)9-17/h1-4,12,18H,5-10,15H2,(H,16,19). The van der Waals surface area contributed by atoms with Crippen LogP contribution in [0.3, 0.4) is 0 Å². The fourth-order valence-electron chi connectivity index (χ4n) is 2.11. The number of ether oxygens (including phenoxy) is 1. The van der Waals surface area contributed by atoms with E-state index < -0.39 is 6.10 Å². The molecule has 0 saturated carbocycles. The van der Waals surface area contributed by atoms with Crippen molar-refractivity contribution in [2.24, 2.45) is 5.73 Å². The number of benzene rings is 1. The van der Waals surface area contributed by atoms with E-state index in [1.54, 1.807) is 0 Å². The number of hydrogen-bond acceptors (Lipinski definition) is 5. The SMILES string of the molecule is NCc1ccc(OCC(O)CN2CCNC(=O)C2)cc1. The Morgan fingerprint density at radius 2 is 2.15 bits per heavy atom. The van der Waals surface area contributed by atoms with E-state index in [0.29, 0.717) is 31.9 Å². The first-order chi connectivity index (χ1) is 9.67. The van der Waals surface area contributed by atoms with E-state index in [4.69, 9.17) is 10.5 Å². The lowest BCUT2D eigenvalue weighted by Crippen LogP contribution is -2.50. The third-order valence-corrected chi connectivity index (χ3v) is 3.19. The molecule has 1 aromatic carbocycles. The lowest BCUT2D eigenvalue weighted by atomic mass is 10.2. The van der Waals surface area contributed by atoms with Crippen LogP contribution in [-0.2, 0) is 11.3 Å². The maximum absolute atomic E-state index is 11.2. The average molecular weight is 279 g/mol. The van der Waals surface area contributed by atoms with Crippen molar-refractivity contribution >= 4 is 5.91 Å². The van der Waals surface area contributed by atoms with Crippen LogP contribution in [0.15, 0.2) is 24.3 Å². The van der Waals surface area contributed by atoms with E-state index in [1.165, 1.54) is 0 Å². The number of nitrogens with two attached hydrogens (primary N) is 1. The van der Waals surface area contributed by atoms with E-state index in [1.807, 2.05) is 29.2 Å². The number of carbonyl (C=O) groups is 1. The van der Waals surface area contributed by atoms with Crippen molar-refractivity contribution in [3.8, 4) is 5.75 Å². The molecule has 20 heavy (non-hydrogen) atoms. The van der Waals surface area contributed by atoms with Gasteiger partial charge in [-0.2, -0.15) is 0 Å². The quantitative estimate of drug-likeness (QED) is 0.642. The number of piperazine rings is 1. The molecule has 0 aromatic heterocycles. The van der Waals surface area contributed by atoms with Crippen molar-refractivity contribution in [3.05, 3.63) is 29.8 Å². The third-order valence-electron chi connectivity index (χ3n) is 3.19. The molecule has 2 rings (SSSR count). The number of amides is 1. The van der Waals surface area contributed by atoms with Crippen LogP contribution in [0.2, 0.25) is 0 Å². The summed E-state index contributed by atoms with van der Waals surface area (Å²) in [6.07, 6.45) is -0.616. The van der Waals surface area contributed by atoms with E-state index in [0.717, 1.165) is 12.1 Å². The van der Waals surface area contributed by atoms with Gasteiger partial charge in [-0.15, -0.1) is 0 Å². The second-order valence-corrected chi connectivity index (χ2v) is 4.90. The molecular formula is C14H21N3O3. The number of nitrogens with one attached hydrogen (secondary N) is 1. The van der Waals surface area contributed by atoms with Crippen molar-refractivity contribution < 1.29 is 14.6 Å². The van der Waals surface area contributed by atoms with Gasteiger partial charge in [0.15, 0.2) is 0 Å². The van der Waals surface area contributed by atoms with Gasteiger partial charge in [0.05, 0.1) is 6.54 Å². The largest absolute Gasteiger partial charge is 0.491 e. The minimum absolute atomic E-state index is 0.00161. The van der Waals surface area contributed by atoms with Crippen LogP contribution >= 0.6 is 0 Å². The maximum Gasteiger partial charge on any atom is 0.234 e. The Labute approximate surface area is 118 Å².